The van der Waals surface area contributed by atoms with Gasteiger partial charge in [-0.25, -0.2) is 0 Å². The molecule has 0 heterocycles. The summed E-state index contributed by atoms with van der Waals surface area (Å²) in [6, 6.07) is 4.88. The largest absolute Gasteiger partial charge is 0.352 e. The molecule has 0 bridgehead atoms. The first-order valence-corrected chi connectivity index (χ1v) is 9.21. The van der Waals surface area contributed by atoms with E-state index in [2.05, 4.69) is 5.32 Å². The first-order chi connectivity index (χ1) is 11.4. The molecule has 1 saturated carbocycles. The number of rotatable bonds is 6. The highest BCUT2D eigenvalue weighted by atomic mass is 35.5. The van der Waals surface area contributed by atoms with E-state index in [4.69, 9.17) is 23.2 Å². The third-order valence-corrected chi connectivity index (χ3v) is 5.11. The van der Waals surface area contributed by atoms with Crippen LogP contribution < -0.4 is 5.32 Å². The Bertz CT molecular complexity index is 601. The zero-order chi connectivity index (χ0) is 17.7. The number of halogens is 2. The Balaban J connectivity index is 2.11. The lowest BCUT2D eigenvalue weighted by Crippen LogP contribution is -2.49. The van der Waals surface area contributed by atoms with Crippen LogP contribution in [-0.4, -0.2) is 28.8 Å². The van der Waals surface area contributed by atoms with E-state index in [-0.39, 0.29) is 17.9 Å². The second-order valence-corrected chi connectivity index (χ2v) is 7.12. The van der Waals surface area contributed by atoms with Crippen molar-refractivity contribution in [2.24, 2.45) is 0 Å². The lowest BCUT2D eigenvalue weighted by Gasteiger charge is -2.29. The molecular formula is C18H24Cl2N2O2. The van der Waals surface area contributed by atoms with E-state index >= 15 is 0 Å². The number of nitrogens with one attached hydrogen (secondary N) is 1. The summed E-state index contributed by atoms with van der Waals surface area (Å²) in [6.45, 7) is 3.85. The summed E-state index contributed by atoms with van der Waals surface area (Å²) >= 11 is 12.1. The second-order valence-electron chi connectivity index (χ2n) is 6.28. The molecule has 1 aromatic carbocycles. The van der Waals surface area contributed by atoms with Crippen molar-refractivity contribution in [2.75, 3.05) is 0 Å². The third-order valence-electron chi connectivity index (χ3n) is 4.53. The number of carbonyl (C=O) groups is 2. The molecule has 1 fully saturated rings. The average molecular weight is 371 g/mol. The van der Waals surface area contributed by atoms with Crippen molar-refractivity contribution in [3.05, 3.63) is 33.8 Å². The van der Waals surface area contributed by atoms with Gasteiger partial charge < -0.3 is 10.2 Å². The maximum Gasteiger partial charge on any atom is 0.242 e. The van der Waals surface area contributed by atoms with Gasteiger partial charge in [0.2, 0.25) is 11.8 Å². The predicted octanol–water partition coefficient (Wildman–Crippen LogP) is 4.18. The van der Waals surface area contributed by atoms with Crippen LogP contribution in [-0.2, 0) is 16.1 Å². The fourth-order valence-corrected chi connectivity index (χ4v) is 3.48. The van der Waals surface area contributed by atoms with Crippen LogP contribution in [0.1, 0.15) is 51.5 Å². The molecule has 0 aromatic heterocycles. The van der Waals surface area contributed by atoms with Crippen molar-refractivity contribution < 1.29 is 9.59 Å². The van der Waals surface area contributed by atoms with Crippen LogP contribution in [0, 0.1) is 0 Å². The minimum Gasteiger partial charge on any atom is -0.352 e. The predicted molar refractivity (Wildman–Crippen MR) is 97.2 cm³/mol. The number of carbonyl (C=O) groups excluding carboxylic acids is 2. The molecule has 0 unspecified atom stereocenters. The quantitative estimate of drug-likeness (QED) is 0.816. The average Bonchev–Trinajstić information content (AvgIpc) is 3.05. The van der Waals surface area contributed by atoms with E-state index in [0.717, 1.165) is 31.2 Å². The molecule has 1 aliphatic rings. The van der Waals surface area contributed by atoms with Crippen molar-refractivity contribution in [1.29, 1.82) is 0 Å². The molecule has 1 aromatic rings. The summed E-state index contributed by atoms with van der Waals surface area (Å²) in [5.74, 6) is -0.177. The topological polar surface area (TPSA) is 49.4 Å². The lowest BCUT2D eigenvalue weighted by atomic mass is 10.1. The summed E-state index contributed by atoms with van der Waals surface area (Å²) in [5.41, 5.74) is 0.781. The van der Waals surface area contributed by atoms with Gasteiger partial charge in [0, 0.05) is 29.1 Å². The maximum absolute atomic E-state index is 12.5. The summed E-state index contributed by atoms with van der Waals surface area (Å²) in [7, 11) is 0. The Morgan fingerprint density at radius 2 is 1.96 bits per heavy atom. The number of benzene rings is 1. The van der Waals surface area contributed by atoms with E-state index in [1.165, 1.54) is 0 Å². The minimum absolute atomic E-state index is 0.0740. The van der Waals surface area contributed by atoms with Crippen molar-refractivity contribution in [2.45, 2.75) is 64.6 Å². The van der Waals surface area contributed by atoms with Gasteiger partial charge in [-0.1, -0.05) is 49.0 Å². The molecule has 1 atom stereocenters. The molecule has 0 aliphatic heterocycles. The van der Waals surface area contributed by atoms with Gasteiger partial charge in [0.15, 0.2) is 0 Å². The number of hydrogen-bond acceptors (Lipinski definition) is 2. The third kappa shape index (κ3) is 4.87. The fraction of sp³-hybridized carbons (Fsp3) is 0.556. The Labute approximate surface area is 153 Å². The normalized spacial score (nSPS) is 16.0. The number of nitrogens with zero attached hydrogens (tertiary/aromatic N) is 1. The Hall–Kier alpha value is -1.26. The van der Waals surface area contributed by atoms with E-state index in [1.807, 2.05) is 0 Å². The molecule has 6 heteroatoms. The molecule has 2 amide bonds. The highest BCUT2D eigenvalue weighted by Crippen LogP contribution is 2.24. The lowest BCUT2D eigenvalue weighted by molar-refractivity contribution is -0.140. The molecular weight excluding hydrogens is 347 g/mol. The Kier molecular flexibility index (Phi) is 6.93. The first-order valence-electron chi connectivity index (χ1n) is 8.46. The van der Waals surface area contributed by atoms with Crippen molar-refractivity contribution in [3.8, 4) is 0 Å². The van der Waals surface area contributed by atoms with Crippen LogP contribution >= 0.6 is 23.2 Å². The zero-order valence-corrected chi connectivity index (χ0v) is 15.7. The molecule has 132 valence electrons. The van der Waals surface area contributed by atoms with Crippen molar-refractivity contribution in [3.63, 3.8) is 0 Å². The molecule has 0 radical (unpaired) electrons. The van der Waals surface area contributed by atoms with Crippen LogP contribution in [0.4, 0.5) is 0 Å². The minimum atomic E-state index is -0.537. The highest BCUT2D eigenvalue weighted by Gasteiger charge is 2.28. The number of amides is 2. The zero-order valence-electron chi connectivity index (χ0n) is 14.1. The van der Waals surface area contributed by atoms with Crippen molar-refractivity contribution in [1.82, 2.24) is 10.2 Å². The highest BCUT2D eigenvalue weighted by molar-refractivity contribution is 6.35. The van der Waals surface area contributed by atoms with Gasteiger partial charge in [-0.2, -0.15) is 0 Å². The van der Waals surface area contributed by atoms with Crippen LogP contribution in [0.25, 0.3) is 0 Å². The van der Waals surface area contributed by atoms with Crippen molar-refractivity contribution >= 4 is 35.0 Å². The molecule has 1 aliphatic carbocycles. The molecule has 2 rings (SSSR count). The van der Waals surface area contributed by atoms with Crippen LogP contribution in [0.3, 0.4) is 0 Å². The molecule has 4 nitrogen and oxygen atoms in total. The van der Waals surface area contributed by atoms with Gasteiger partial charge in [-0.15, -0.1) is 0 Å². The summed E-state index contributed by atoms with van der Waals surface area (Å²) in [5, 5.41) is 4.11. The SMILES string of the molecule is CCC(=O)N(Cc1ccc(Cl)cc1Cl)[C@H](C)C(=O)NC1CCCC1. The summed E-state index contributed by atoms with van der Waals surface area (Å²) in [6.07, 6.45) is 4.67. The monoisotopic (exact) mass is 370 g/mol. The van der Waals surface area contributed by atoms with Gasteiger partial charge in [-0.3, -0.25) is 9.59 Å². The number of hydrogen-bond donors (Lipinski definition) is 1. The Morgan fingerprint density at radius 3 is 2.54 bits per heavy atom. The molecule has 0 spiro atoms. The van der Waals surface area contributed by atoms with E-state index < -0.39 is 6.04 Å². The first kappa shape index (κ1) is 19.1. The Morgan fingerprint density at radius 1 is 1.29 bits per heavy atom. The van der Waals surface area contributed by atoms with Crippen LogP contribution in [0.2, 0.25) is 10.0 Å². The van der Waals surface area contributed by atoms with Gasteiger partial charge in [0.25, 0.3) is 0 Å². The smallest absolute Gasteiger partial charge is 0.242 e. The molecule has 0 saturated heterocycles. The molecule has 1 N–H and O–H groups in total. The van der Waals surface area contributed by atoms with Crippen LogP contribution in [0.5, 0.6) is 0 Å². The van der Waals surface area contributed by atoms with Gasteiger partial charge in [-0.05, 0) is 37.5 Å². The second kappa shape index (κ2) is 8.72. The summed E-state index contributed by atoms with van der Waals surface area (Å²) in [4.78, 5) is 26.5. The van der Waals surface area contributed by atoms with E-state index in [1.54, 1.807) is 36.9 Å². The standard InChI is InChI=1S/C18H24Cl2N2O2/c1-3-17(23)22(11-13-8-9-14(19)10-16(13)20)12(2)18(24)21-15-6-4-5-7-15/h8-10,12,15H,3-7,11H2,1-2H3,(H,21,24)/t12-/m1/s1. The summed E-state index contributed by atoms with van der Waals surface area (Å²) < 4.78 is 0. The van der Waals surface area contributed by atoms with Crippen LogP contribution in [0.15, 0.2) is 18.2 Å². The van der Waals surface area contributed by atoms with Gasteiger partial charge in [0.1, 0.15) is 6.04 Å². The fourth-order valence-electron chi connectivity index (χ4n) is 3.01. The van der Waals surface area contributed by atoms with E-state index in [9.17, 15) is 9.59 Å². The van der Waals surface area contributed by atoms with Gasteiger partial charge in [0.05, 0.1) is 0 Å². The maximum atomic E-state index is 12.5. The molecule has 24 heavy (non-hydrogen) atoms. The van der Waals surface area contributed by atoms with Gasteiger partial charge >= 0.3 is 0 Å². The van der Waals surface area contributed by atoms with E-state index in [0.29, 0.717) is 23.0 Å².